The molecule has 2 aromatic heterocycles. The van der Waals surface area contributed by atoms with E-state index in [2.05, 4.69) is 51.4 Å². The summed E-state index contributed by atoms with van der Waals surface area (Å²) in [6.45, 7) is 8.53. The third kappa shape index (κ3) is 6.99. The molecule has 198 valence electrons. The van der Waals surface area contributed by atoms with Crippen molar-refractivity contribution in [3.8, 4) is 17.4 Å². The van der Waals surface area contributed by atoms with Crippen LogP contribution in [-0.2, 0) is 4.79 Å². The van der Waals surface area contributed by atoms with Crippen LogP contribution in [0.3, 0.4) is 0 Å². The lowest BCUT2D eigenvalue weighted by atomic mass is 10.2. The van der Waals surface area contributed by atoms with Crippen molar-refractivity contribution < 1.29 is 14.3 Å². The van der Waals surface area contributed by atoms with E-state index in [4.69, 9.17) is 9.47 Å². The summed E-state index contributed by atoms with van der Waals surface area (Å²) >= 11 is 1.49. The Morgan fingerprint density at radius 2 is 2.00 bits per heavy atom. The monoisotopic (exact) mass is 532 g/mol. The van der Waals surface area contributed by atoms with Gasteiger partial charge in [0.25, 0.3) is 0 Å². The summed E-state index contributed by atoms with van der Waals surface area (Å²) in [5, 5.41) is 11.4. The number of aromatic nitrogens is 2. The topological polar surface area (TPSA) is 101 Å². The van der Waals surface area contributed by atoms with E-state index in [-0.39, 0.29) is 5.91 Å². The smallest absolute Gasteiger partial charge is 0.247 e. The van der Waals surface area contributed by atoms with E-state index < -0.39 is 0 Å². The van der Waals surface area contributed by atoms with E-state index in [1.165, 1.54) is 17.4 Å². The summed E-state index contributed by atoms with van der Waals surface area (Å²) in [5.41, 5.74) is 3.06. The number of carbonyl (C=O) groups excluding carboxylic acids is 1. The second kappa shape index (κ2) is 12.9. The zero-order valence-corrected chi connectivity index (χ0v) is 22.6. The number of hydrogen-bond acceptors (Lipinski definition) is 9. The van der Waals surface area contributed by atoms with Gasteiger partial charge in [-0.05, 0) is 61.8 Å². The SMILES string of the molecule is C=CC(=O)Nc1cccc(Oc2nc(Nc3ccc(NCCN(C)CCC)cc3OC)nc3ccsc23)c1. The minimum Gasteiger partial charge on any atom is -0.494 e. The Kier molecular flexibility index (Phi) is 9.12. The van der Waals surface area contributed by atoms with Gasteiger partial charge in [-0.2, -0.15) is 4.98 Å². The van der Waals surface area contributed by atoms with Crippen molar-refractivity contribution in [3.05, 3.63) is 66.6 Å². The van der Waals surface area contributed by atoms with Gasteiger partial charge in [-0.3, -0.25) is 4.79 Å². The Morgan fingerprint density at radius 3 is 2.79 bits per heavy atom. The quantitative estimate of drug-likeness (QED) is 0.177. The van der Waals surface area contributed by atoms with Crippen molar-refractivity contribution in [3.63, 3.8) is 0 Å². The van der Waals surface area contributed by atoms with E-state index in [1.807, 2.05) is 29.6 Å². The molecule has 0 unspecified atom stereocenters. The zero-order chi connectivity index (χ0) is 26.9. The molecule has 0 spiro atoms. The number of carbonyl (C=O) groups is 1. The van der Waals surface area contributed by atoms with Crippen molar-refractivity contribution in [2.75, 3.05) is 49.7 Å². The Balaban J connectivity index is 1.52. The summed E-state index contributed by atoms with van der Waals surface area (Å²) < 4.78 is 12.6. The number of fused-ring (bicyclic) bond motifs is 1. The fourth-order valence-corrected chi connectivity index (χ4v) is 4.57. The molecule has 4 rings (SSSR count). The predicted octanol–water partition coefficient (Wildman–Crippen LogP) is 6.11. The van der Waals surface area contributed by atoms with Gasteiger partial charge in [-0.15, -0.1) is 11.3 Å². The summed E-state index contributed by atoms with van der Waals surface area (Å²) in [7, 11) is 3.76. The van der Waals surface area contributed by atoms with Crippen LogP contribution in [0.2, 0.25) is 0 Å². The number of nitrogens with zero attached hydrogens (tertiary/aromatic N) is 3. The van der Waals surface area contributed by atoms with Crippen molar-refractivity contribution >= 4 is 50.5 Å². The first-order valence-corrected chi connectivity index (χ1v) is 13.2. The summed E-state index contributed by atoms with van der Waals surface area (Å²) in [4.78, 5) is 23.3. The molecule has 0 atom stereocenters. The van der Waals surface area contributed by atoms with E-state index in [9.17, 15) is 4.79 Å². The van der Waals surface area contributed by atoms with Crippen LogP contribution in [-0.4, -0.2) is 54.6 Å². The molecule has 0 aliphatic heterocycles. The lowest BCUT2D eigenvalue weighted by Gasteiger charge is -2.17. The number of benzene rings is 2. The Hall–Kier alpha value is -4.15. The average molecular weight is 533 g/mol. The maximum Gasteiger partial charge on any atom is 0.247 e. The van der Waals surface area contributed by atoms with Gasteiger partial charge in [-0.1, -0.05) is 19.6 Å². The normalized spacial score (nSPS) is 10.8. The van der Waals surface area contributed by atoms with Crippen molar-refractivity contribution in [1.82, 2.24) is 14.9 Å². The minimum atomic E-state index is -0.296. The minimum absolute atomic E-state index is 0.296. The molecule has 0 bridgehead atoms. The number of thiophene rings is 1. The lowest BCUT2D eigenvalue weighted by molar-refractivity contribution is -0.111. The number of ether oxygens (including phenoxy) is 2. The molecule has 10 heteroatoms. The van der Waals surface area contributed by atoms with Gasteiger partial charge < -0.3 is 30.3 Å². The number of likely N-dealkylation sites (N-methyl/N-ethyl adjacent to an activating group) is 1. The highest BCUT2D eigenvalue weighted by Crippen LogP contribution is 2.35. The highest BCUT2D eigenvalue weighted by atomic mass is 32.1. The number of amides is 1. The molecule has 0 aliphatic rings. The fourth-order valence-electron chi connectivity index (χ4n) is 3.81. The number of nitrogens with one attached hydrogen (secondary N) is 3. The van der Waals surface area contributed by atoms with Crippen LogP contribution in [0.4, 0.5) is 23.0 Å². The molecule has 9 nitrogen and oxygen atoms in total. The molecule has 0 radical (unpaired) electrons. The van der Waals surface area contributed by atoms with Crippen LogP contribution in [0.25, 0.3) is 10.2 Å². The third-order valence-corrected chi connectivity index (χ3v) is 6.54. The van der Waals surface area contributed by atoms with Gasteiger partial charge in [0.15, 0.2) is 0 Å². The van der Waals surface area contributed by atoms with E-state index in [1.54, 1.807) is 31.4 Å². The van der Waals surface area contributed by atoms with Crippen LogP contribution in [0.5, 0.6) is 17.4 Å². The summed E-state index contributed by atoms with van der Waals surface area (Å²) in [6, 6.07) is 14.9. The molecule has 3 N–H and O–H groups in total. The molecule has 0 fully saturated rings. The molecule has 4 aromatic rings. The van der Waals surface area contributed by atoms with Crippen LogP contribution < -0.4 is 25.4 Å². The maximum absolute atomic E-state index is 11.7. The standard InChI is InChI=1S/C28H32N6O3S/c1-5-14-34(3)15-13-29-19-10-11-22(24(18-19)36-4)31-28-32-23-12-16-38-26(23)27(33-28)37-21-9-7-8-20(17-21)30-25(35)6-2/h6-12,16-18,29H,2,5,13-15H2,1,3-4H3,(H,30,35)(H,31,32,33). The molecule has 38 heavy (non-hydrogen) atoms. The second-order valence-corrected chi connectivity index (χ2v) is 9.50. The van der Waals surface area contributed by atoms with Gasteiger partial charge in [0, 0.05) is 36.6 Å². The molecule has 2 aromatic carbocycles. The summed E-state index contributed by atoms with van der Waals surface area (Å²) in [6.07, 6.45) is 2.35. The number of anilines is 4. The van der Waals surface area contributed by atoms with E-state index >= 15 is 0 Å². The highest BCUT2D eigenvalue weighted by Gasteiger charge is 2.14. The molecule has 0 aliphatic carbocycles. The van der Waals surface area contributed by atoms with Gasteiger partial charge in [0.2, 0.25) is 17.7 Å². The van der Waals surface area contributed by atoms with Gasteiger partial charge >= 0.3 is 0 Å². The van der Waals surface area contributed by atoms with Crippen LogP contribution >= 0.6 is 11.3 Å². The van der Waals surface area contributed by atoms with Crippen LogP contribution in [0.15, 0.2) is 66.6 Å². The lowest BCUT2D eigenvalue weighted by Crippen LogP contribution is -2.25. The molecule has 1 amide bonds. The average Bonchev–Trinajstić information content (AvgIpc) is 3.39. The maximum atomic E-state index is 11.7. The summed E-state index contributed by atoms with van der Waals surface area (Å²) in [5.74, 6) is 1.69. The third-order valence-electron chi connectivity index (χ3n) is 5.65. The fraction of sp³-hybridized carbons (Fsp3) is 0.250. The second-order valence-electron chi connectivity index (χ2n) is 8.58. The molecule has 0 saturated heterocycles. The van der Waals surface area contributed by atoms with E-state index in [0.29, 0.717) is 29.0 Å². The Morgan fingerprint density at radius 1 is 1.13 bits per heavy atom. The number of rotatable bonds is 13. The van der Waals surface area contributed by atoms with E-state index in [0.717, 1.165) is 47.6 Å². The number of hydrogen-bond donors (Lipinski definition) is 3. The van der Waals surface area contributed by atoms with Gasteiger partial charge in [-0.25, -0.2) is 4.98 Å². The van der Waals surface area contributed by atoms with Crippen molar-refractivity contribution in [2.45, 2.75) is 13.3 Å². The first-order chi connectivity index (χ1) is 18.5. The van der Waals surface area contributed by atoms with Gasteiger partial charge in [0.1, 0.15) is 16.2 Å². The Labute approximate surface area is 226 Å². The largest absolute Gasteiger partial charge is 0.494 e. The first-order valence-electron chi connectivity index (χ1n) is 12.3. The van der Waals surface area contributed by atoms with Crippen LogP contribution in [0.1, 0.15) is 13.3 Å². The van der Waals surface area contributed by atoms with Gasteiger partial charge in [0.05, 0.1) is 18.3 Å². The first kappa shape index (κ1) is 26.9. The highest BCUT2D eigenvalue weighted by molar-refractivity contribution is 7.17. The number of methoxy groups -OCH3 is 1. The van der Waals surface area contributed by atoms with Crippen molar-refractivity contribution in [1.29, 1.82) is 0 Å². The zero-order valence-electron chi connectivity index (χ0n) is 21.8. The molecular weight excluding hydrogens is 500 g/mol. The molecule has 0 saturated carbocycles. The van der Waals surface area contributed by atoms with Crippen LogP contribution in [0, 0.1) is 0 Å². The molecule has 2 heterocycles. The predicted molar refractivity (Wildman–Crippen MR) is 155 cm³/mol. The van der Waals surface area contributed by atoms with Crippen molar-refractivity contribution in [2.24, 2.45) is 0 Å². The Bertz CT molecular complexity index is 1410. The molecular formula is C28H32N6O3S.